The van der Waals surface area contributed by atoms with Gasteiger partial charge in [-0.2, -0.15) is 13.2 Å². The zero-order chi connectivity index (χ0) is 11.1. The van der Waals surface area contributed by atoms with Crippen LogP contribution in [-0.4, -0.2) is 15.2 Å². The molecule has 0 N–H and O–H groups in total. The Bertz CT molecular complexity index is 476. The van der Waals surface area contributed by atoms with Crippen LogP contribution < -0.4 is 0 Å². The van der Waals surface area contributed by atoms with E-state index >= 15 is 0 Å². The maximum atomic E-state index is 12.1. The number of hydrogen-bond acceptors (Lipinski definition) is 5. The zero-order valence-electron chi connectivity index (χ0n) is 7.37. The fourth-order valence-electron chi connectivity index (χ4n) is 0.898. The Morgan fingerprint density at radius 1 is 1.33 bits per heavy atom. The molecule has 0 saturated carbocycles. The molecule has 0 saturated heterocycles. The van der Waals surface area contributed by atoms with E-state index in [0.29, 0.717) is 4.88 Å². The Labute approximate surface area is 85.8 Å². The number of hydrogen-bond donors (Lipinski definition) is 0. The highest BCUT2D eigenvalue weighted by Crippen LogP contribution is 2.31. The summed E-state index contributed by atoms with van der Waals surface area (Å²) >= 11 is 1.19. The van der Waals surface area contributed by atoms with Crippen molar-refractivity contribution in [2.75, 3.05) is 0 Å². The quantitative estimate of drug-likeness (QED) is 0.762. The van der Waals surface area contributed by atoms with Crippen molar-refractivity contribution in [3.8, 4) is 10.8 Å². The molecule has 2 aromatic heterocycles. The third kappa shape index (κ3) is 1.99. The van der Waals surface area contributed by atoms with Gasteiger partial charge in [0.05, 0.1) is 11.2 Å². The molecule has 0 spiro atoms. The van der Waals surface area contributed by atoms with E-state index in [4.69, 9.17) is 0 Å². The van der Waals surface area contributed by atoms with Crippen LogP contribution in [0.3, 0.4) is 0 Å². The lowest BCUT2D eigenvalue weighted by Gasteiger charge is -1.96. The first-order chi connectivity index (χ1) is 6.97. The molecule has 2 heterocycles. The predicted molar refractivity (Wildman–Crippen MR) is 45.1 cm³/mol. The van der Waals surface area contributed by atoms with E-state index in [-0.39, 0.29) is 5.89 Å². The largest absolute Gasteiger partial charge is 0.470 e. The highest BCUT2D eigenvalue weighted by Gasteiger charge is 2.38. The van der Waals surface area contributed by atoms with Gasteiger partial charge in [-0.05, 0) is 6.92 Å². The van der Waals surface area contributed by atoms with Crippen molar-refractivity contribution in [2.24, 2.45) is 0 Å². The Kier molecular flexibility index (Phi) is 2.22. The van der Waals surface area contributed by atoms with Gasteiger partial charge in [0.25, 0.3) is 5.89 Å². The molecule has 80 valence electrons. The van der Waals surface area contributed by atoms with E-state index in [1.807, 2.05) is 0 Å². The van der Waals surface area contributed by atoms with E-state index in [2.05, 4.69) is 19.6 Å². The molecule has 0 aromatic carbocycles. The molecule has 0 aliphatic carbocycles. The Balaban J connectivity index is 2.36. The summed E-state index contributed by atoms with van der Waals surface area (Å²) in [6, 6.07) is 0. The molecule has 8 heteroatoms. The molecule has 2 rings (SSSR count). The second-order valence-electron chi connectivity index (χ2n) is 2.65. The Morgan fingerprint density at radius 2 is 2.07 bits per heavy atom. The van der Waals surface area contributed by atoms with Gasteiger partial charge in [0.1, 0.15) is 4.88 Å². The molecule has 0 atom stereocenters. The molecule has 0 aliphatic rings. The van der Waals surface area contributed by atoms with Crippen molar-refractivity contribution >= 4 is 11.3 Å². The lowest BCUT2D eigenvalue weighted by Crippen LogP contribution is -2.04. The maximum Gasteiger partial charge on any atom is 0.470 e. The summed E-state index contributed by atoms with van der Waals surface area (Å²) in [7, 11) is 0. The van der Waals surface area contributed by atoms with E-state index in [1.165, 1.54) is 17.5 Å². The first kappa shape index (κ1) is 10.1. The van der Waals surface area contributed by atoms with Crippen LogP contribution >= 0.6 is 11.3 Å². The number of nitrogens with zero attached hydrogens (tertiary/aromatic N) is 3. The number of halogens is 3. The summed E-state index contributed by atoms with van der Waals surface area (Å²) in [6.45, 7) is 1.73. The number of aryl methyl sites for hydroxylation is 1. The van der Waals surface area contributed by atoms with Gasteiger partial charge in [0.2, 0.25) is 0 Å². The monoisotopic (exact) mass is 235 g/mol. The summed E-state index contributed by atoms with van der Waals surface area (Å²) in [4.78, 5) is 4.30. The molecule has 0 bridgehead atoms. The van der Waals surface area contributed by atoms with Crippen molar-refractivity contribution in [1.29, 1.82) is 0 Å². The van der Waals surface area contributed by atoms with Crippen LogP contribution in [0.2, 0.25) is 0 Å². The van der Waals surface area contributed by atoms with Gasteiger partial charge in [-0.25, -0.2) is 4.98 Å². The summed E-state index contributed by atoms with van der Waals surface area (Å²) in [5, 5.41) is 6.93. The van der Waals surface area contributed by atoms with Crippen LogP contribution in [-0.2, 0) is 6.18 Å². The second-order valence-corrected chi connectivity index (χ2v) is 3.89. The van der Waals surface area contributed by atoms with Crippen LogP contribution in [0.25, 0.3) is 10.8 Å². The molecule has 0 radical (unpaired) electrons. The molecule has 0 aliphatic heterocycles. The van der Waals surface area contributed by atoms with Gasteiger partial charge >= 0.3 is 12.1 Å². The minimum Gasteiger partial charge on any atom is -0.412 e. The van der Waals surface area contributed by atoms with Gasteiger partial charge in [-0.1, -0.05) is 0 Å². The van der Waals surface area contributed by atoms with Crippen molar-refractivity contribution in [3.63, 3.8) is 0 Å². The topological polar surface area (TPSA) is 51.8 Å². The molecule has 4 nitrogen and oxygen atoms in total. The Morgan fingerprint density at radius 3 is 2.53 bits per heavy atom. The van der Waals surface area contributed by atoms with Crippen LogP contribution in [0.5, 0.6) is 0 Å². The van der Waals surface area contributed by atoms with Gasteiger partial charge < -0.3 is 4.42 Å². The van der Waals surface area contributed by atoms with Crippen molar-refractivity contribution in [3.05, 3.63) is 17.1 Å². The smallest absolute Gasteiger partial charge is 0.412 e. The molecule has 2 aromatic rings. The number of aromatic nitrogens is 3. The van der Waals surface area contributed by atoms with E-state index in [9.17, 15) is 13.2 Å². The SMILES string of the molecule is Cc1ncc(-c2nnc(C(F)(F)F)o2)s1. The second kappa shape index (κ2) is 3.30. The zero-order valence-corrected chi connectivity index (χ0v) is 8.19. The van der Waals surface area contributed by atoms with Crippen molar-refractivity contribution in [2.45, 2.75) is 13.1 Å². The summed E-state index contributed by atoms with van der Waals surface area (Å²) in [5.41, 5.74) is 0. The highest BCUT2D eigenvalue weighted by atomic mass is 32.1. The van der Waals surface area contributed by atoms with Crippen LogP contribution in [0.4, 0.5) is 13.2 Å². The molecular weight excluding hydrogens is 231 g/mol. The average molecular weight is 235 g/mol. The molecule has 0 fully saturated rings. The normalized spacial score (nSPS) is 12.0. The summed E-state index contributed by atoms with van der Waals surface area (Å²) < 4.78 is 40.8. The van der Waals surface area contributed by atoms with Crippen LogP contribution in [0.15, 0.2) is 10.6 Å². The highest BCUT2D eigenvalue weighted by molar-refractivity contribution is 7.14. The molecular formula is C7H4F3N3OS. The maximum absolute atomic E-state index is 12.1. The lowest BCUT2D eigenvalue weighted by molar-refractivity contribution is -0.156. The van der Waals surface area contributed by atoms with Crippen LogP contribution in [0.1, 0.15) is 10.9 Å². The summed E-state index contributed by atoms with van der Waals surface area (Å²) in [6.07, 6.45) is -3.21. The van der Waals surface area contributed by atoms with Gasteiger partial charge in [-0.3, -0.25) is 0 Å². The third-order valence-corrected chi connectivity index (χ3v) is 2.40. The third-order valence-electron chi connectivity index (χ3n) is 1.50. The fourth-order valence-corrected chi connectivity index (χ4v) is 1.60. The van der Waals surface area contributed by atoms with E-state index in [1.54, 1.807) is 6.92 Å². The standard InChI is InChI=1S/C7H4F3N3OS/c1-3-11-2-4(15-3)5-12-13-6(14-5)7(8,9)10/h2H,1H3. The van der Waals surface area contributed by atoms with E-state index in [0.717, 1.165) is 5.01 Å². The van der Waals surface area contributed by atoms with Crippen LogP contribution in [0, 0.1) is 6.92 Å². The predicted octanol–water partition coefficient (Wildman–Crippen LogP) is 2.52. The van der Waals surface area contributed by atoms with E-state index < -0.39 is 12.1 Å². The Hall–Kier alpha value is -1.44. The first-order valence-corrected chi connectivity index (χ1v) is 4.62. The van der Waals surface area contributed by atoms with Gasteiger partial charge in [0.15, 0.2) is 0 Å². The summed E-state index contributed by atoms with van der Waals surface area (Å²) in [5.74, 6) is -1.50. The molecule has 15 heavy (non-hydrogen) atoms. The molecule has 0 amide bonds. The average Bonchev–Trinajstić information content (AvgIpc) is 2.69. The first-order valence-electron chi connectivity index (χ1n) is 3.80. The minimum absolute atomic E-state index is 0.159. The van der Waals surface area contributed by atoms with Gasteiger partial charge in [0, 0.05) is 0 Å². The van der Waals surface area contributed by atoms with Crippen molar-refractivity contribution < 1.29 is 17.6 Å². The number of rotatable bonds is 1. The fraction of sp³-hybridized carbons (Fsp3) is 0.286. The lowest BCUT2D eigenvalue weighted by atomic mass is 10.5. The number of thiazole rings is 1. The van der Waals surface area contributed by atoms with Crippen molar-refractivity contribution in [1.82, 2.24) is 15.2 Å². The number of alkyl halides is 3. The van der Waals surface area contributed by atoms with Gasteiger partial charge in [-0.15, -0.1) is 21.5 Å². The molecule has 0 unspecified atom stereocenters. The minimum atomic E-state index is -4.61.